The summed E-state index contributed by atoms with van der Waals surface area (Å²) in [6, 6.07) is 6.19. The third-order valence-electron chi connectivity index (χ3n) is 4.77. The molecule has 1 aromatic heterocycles. The Labute approximate surface area is 172 Å². The van der Waals surface area contributed by atoms with E-state index >= 15 is 0 Å². The van der Waals surface area contributed by atoms with Gasteiger partial charge in [0.25, 0.3) is 5.91 Å². The van der Waals surface area contributed by atoms with E-state index in [9.17, 15) is 9.59 Å². The van der Waals surface area contributed by atoms with Gasteiger partial charge in [0.1, 0.15) is 22.6 Å². The van der Waals surface area contributed by atoms with Crippen LogP contribution in [0.1, 0.15) is 33.6 Å². The monoisotopic (exact) mass is 417 g/mol. The van der Waals surface area contributed by atoms with Gasteiger partial charge in [0, 0.05) is 37.3 Å². The minimum absolute atomic E-state index is 0.0977. The average Bonchev–Trinajstić information content (AvgIpc) is 3.14. The van der Waals surface area contributed by atoms with Gasteiger partial charge in [-0.2, -0.15) is 0 Å². The zero-order valence-electron chi connectivity index (χ0n) is 15.6. The molecular formula is C20H20ClN3O5. The molecule has 1 aromatic carbocycles. The fraction of sp³-hybridized carbons (Fsp3) is 0.350. The SMILES string of the molecule is NC(=O)c1cc(Oc2ncc(C(=O)N3CCC3)cc2Cl)cc(OC2CCOC2)c1. The highest BCUT2D eigenvalue weighted by atomic mass is 35.5. The molecule has 3 heterocycles. The minimum Gasteiger partial charge on any atom is -0.488 e. The maximum atomic E-state index is 12.3. The summed E-state index contributed by atoms with van der Waals surface area (Å²) in [6.45, 7) is 2.59. The number of pyridine rings is 1. The minimum atomic E-state index is -0.613. The number of amides is 2. The smallest absolute Gasteiger partial charge is 0.255 e. The average molecular weight is 418 g/mol. The van der Waals surface area contributed by atoms with Crippen LogP contribution in [0.5, 0.6) is 17.4 Å². The Morgan fingerprint density at radius 2 is 1.97 bits per heavy atom. The Morgan fingerprint density at radius 3 is 2.59 bits per heavy atom. The molecule has 8 nitrogen and oxygen atoms in total. The van der Waals surface area contributed by atoms with E-state index in [2.05, 4.69) is 4.98 Å². The van der Waals surface area contributed by atoms with Gasteiger partial charge in [-0.15, -0.1) is 0 Å². The van der Waals surface area contributed by atoms with Gasteiger partial charge in [0.15, 0.2) is 0 Å². The van der Waals surface area contributed by atoms with Crippen molar-refractivity contribution < 1.29 is 23.8 Å². The maximum absolute atomic E-state index is 12.3. The number of nitrogens with two attached hydrogens (primary N) is 1. The topological polar surface area (TPSA) is 104 Å². The van der Waals surface area contributed by atoms with Gasteiger partial charge in [-0.1, -0.05) is 11.6 Å². The van der Waals surface area contributed by atoms with Crippen LogP contribution in [-0.2, 0) is 4.74 Å². The highest BCUT2D eigenvalue weighted by molar-refractivity contribution is 6.32. The second kappa shape index (κ2) is 8.26. The number of ether oxygens (including phenoxy) is 3. The number of halogens is 1. The molecule has 0 bridgehead atoms. The van der Waals surface area contributed by atoms with E-state index in [0.29, 0.717) is 30.3 Å². The van der Waals surface area contributed by atoms with E-state index in [1.54, 1.807) is 17.0 Å². The molecule has 9 heteroatoms. The number of likely N-dealkylation sites (tertiary alicyclic amines) is 1. The normalized spacial score (nSPS) is 18.2. The van der Waals surface area contributed by atoms with E-state index in [1.165, 1.54) is 18.3 Å². The van der Waals surface area contributed by atoms with Crippen molar-refractivity contribution in [3.05, 3.63) is 46.6 Å². The number of rotatable bonds is 6. The third kappa shape index (κ3) is 4.44. The quantitative estimate of drug-likeness (QED) is 0.774. The van der Waals surface area contributed by atoms with E-state index in [1.807, 2.05) is 0 Å². The van der Waals surface area contributed by atoms with E-state index in [0.717, 1.165) is 25.9 Å². The number of aromatic nitrogens is 1. The molecule has 2 N–H and O–H groups in total. The highest BCUT2D eigenvalue weighted by Crippen LogP contribution is 2.32. The molecule has 0 radical (unpaired) electrons. The Kier molecular flexibility index (Phi) is 5.55. The van der Waals surface area contributed by atoms with E-state index < -0.39 is 5.91 Å². The molecule has 0 saturated carbocycles. The van der Waals surface area contributed by atoms with Crippen LogP contribution in [0.15, 0.2) is 30.5 Å². The number of benzene rings is 1. The first-order chi connectivity index (χ1) is 14.0. The number of primary amides is 1. The lowest BCUT2D eigenvalue weighted by molar-refractivity contribution is 0.0651. The predicted molar refractivity (Wildman–Crippen MR) is 105 cm³/mol. The molecule has 2 aliphatic heterocycles. The zero-order valence-corrected chi connectivity index (χ0v) is 16.4. The summed E-state index contributed by atoms with van der Waals surface area (Å²) in [5, 5.41) is 0.188. The predicted octanol–water partition coefficient (Wildman–Crippen LogP) is 2.64. The summed E-state index contributed by atoms with van der Waals surface area (Å²) in [5.74, 6) is 0.127. The van der Waals surface area contributed by atoms with Crippen molar-refractivity contribution in [1.29, 1.82) is 0 Å². The van der Waals surface area contributed by atoms with Crippen molar-refractivity contribution in [2.24, 2.45) is 5.73 Å². The third-order valence-corrected chi connectivity index (χ3v) is 5.04. The lowest BCUT2D eigenvalue weighted by Gasteiger charge is -2.30. The van der Waals surface area contributed by atoms with Gasteiger partial charge < -0.3 is 24.8 Å². The Morgan fingerprint density at radius 1 is 1.17 bits per heavy atom. The Bertz CT molecular complexity index is 942. The van der Waals surface area contributed by atoms with Crippen molar-refractivity contribution >= 4 is 23.4 Å². The molecule has 1 unspecified atom stereocenters. The van der Waals surface area contributed by atoms with Crippen molar-refractivity contribution in [3.8, 4) is 17.4 Å². The number of carbonyl (C=O) groups is 2. The lowest BCUT2D eigenvalue weighted by atomic mass is 10.1. The Balaban J connectivity index is 1.55. The molecule has 2 fully saturated rings. The van der Waals surface area contributed by atoms with Crippen LogP contribution < -0.4 is 15.2 Å². The number of nitrogens with zero attached hydrogens (tertiary/aromatic N) is 2. The standard InChI is InChI=1S/C20H20ClN3O5/c21-17-8-13(20(26)24-3-1-4-24)10-23-19(17)29-16-7-12(18(22)25)6-15(9-16)28-14-2-5-27-11-14/h6-10,14H,1-5,11H2,(H2,22,25). The molecule has 2 aliphatic rings. The van der Waals surface area contributed by atoms with Crippen LogP contribution >= 0.6 is 11.6 Å². The van der Waals surface area contributed by atoms with Gasteiger partial charge in [-0.25, -0.2) is 4.98 Å². The number of hydrogen-bond donors (Lipinski definition) is 1. The molecule has 0 spiro atoms. The fourth-order valence-corrected chi connectivity index (χ4v) is 3.28. The van der Waals surface area contributed by atoms with Crippen molar-refractivity contribution in [2.45, 2.75) is 18.9 Å². The second-order valence-corrected chi connectivity index (χ2v) is 7.33. The molecule has 1 atom stereocenters. The van der Waals surface area contributed by atoms with Gasteiger partial charge in [0.05, 0.1) is 18.8 Å². The summed E-state index contributed by atoms with van der Waals surface area (Å²) in [4.78, 5) is 29.9. The summed E-state index contributed by atoms with van der Waals surface area (Å²) >= 11 is 6.27. The molecule has 2 saturated heterocycles. The summed E-state index contributed by atoms with van der Waals surface area (Å²) in [5.41, 5.74) is 6.06. The molecule has 152 valence electrons. The molecule has 2 aromatic rings. The van der Waals surface area contributed by atoms with E-state index in [4.69, 9.17) is 31.5 Å². The van der Waals surface area contributed by atoms with Gasteiger partial charge in [0.2, 0.25) is 11.8 Å². The van der Waals surface area contributed by atoms with Gasteiger partial charge in [-0.3, -0.25) is 9.59 Å². The summed E-state index contributed by atoms with van der Waals surface area (Å²) in [7, 11) is 0. The van der Waals surface area contributed by atoms with Crippen LogP contribution in [0.25, 0.3) is 0 Å². The molecule has 0 aliphatic carbocycles. The molecule has 2 amide bonds. The fourth-order valence-electron chi connectivity index (χ4n) is 3.07. The van der Waals surface area contributed by atoms with Crippen LogP contribution in [0.2, 0.25) is 5.02 Å². The number of hydrogen-bond acceptors (Lipinski definition) is 6. The van der Waals surface area contributed by atoms with Crippen molar-refractivity contribution in [2.75, 3.05) is 26.3 Å². The van der Waals surface area contributed by atoms with Gasteiger partial charge >= 0.3 is 0 Å². The first-order valence-electron chi connectivity index (χ1n) is 9.31. The van der Waals surface area contributed by atoms with Crippen LogP contribution in [0, 0.1) is 0 Å². The van der Waals surface area contributed by atoms with Crippen LogP contribution in [0.3, 0.4) is 0 Å². The van der Waals surface area contributed by atoms with Crippen molar-refractivity contribution in [3.63, 3.8) is 0 Å². The first-order valence-corrected chi connectivity index (χ1v) is 9.69. The molecule has 29 heavy (non-hydrogen) atoms. The van der Waals surface area contributed by atoms with Crippen LogP contribution in [-0.4, -0.2) is 54.1 Å². The molecular weight excluding hydrogens is 398 g/mol. The summed E-state index contributed by atoms with van der Waals surface area (Å²) < 4.78 is 16.9. The van der Waals surface area contributed by atoms with Crippen molar-refractivity contribution in [1.82, 2.24) is 9.88 Å². The van der Waals surface area contributed by atoms with Gasteiger partial charge in [-0.05, 0) is 24.6 Å². The lowest BCUT2D eigenvalue weighted by Crippen LogP contribution is -2.42. The highest BCUT2D eigenvalue weighted by Gasteiger charge is 2.23. The van der Waals surface area contributed by atoms with Crippen LogP contribution in [0.4, 0.5) is 0 Å². The largest absolute Gasteiger partial charge is 0.488 e. The molecule has 4 rings (SSSR count). The Hall–Kier alpha value is -2.84. The maximum Gasteiger partial charge on any atom is 0.255 e. The van der Waals surface area contributed by atoms with E-state index in [-0.39, 0.29) is 28.5 Å². The number of carbonyl (C=O) groups excluding carboxylic acids is 2. The first kappa shape index (κ1) is 19.5. The second-order valence-electron chi connectivity index (χ2n) is 6.92. The zero-order chi connectivity index (χ0) is 20.4. The summed E-state index contributed by atoms with van der Waals surface area (Å²) in [6.07, 6.45) is 3.09.